The molecule has 0 saturated carbocycles. The molecule has 3 nitrogen and oxygen atoms in total. The average molecular weight is 377 g/mol. The molecular weight excluding hydrogens is 352 g/mol. The number of likely N-dealkylation sites (N-methyl/N-ethyl adjacent to an activating group) is 1. The highest BCUT2D eigenvalue weighted by atomic mass is 32.1. The van der Waals surface area contributed by atoms with Crippen LogP contribution in [-0.2, 0) is 11.2 Å². The molecule has 0 aliphatic carbocycles. The van der Waals surface area contributed by atoms with E-state index in [0.29, 0.717) is 6.42 Å². The van der Waals surface area contributed by atoms with Crippen LogP contribution in [0.15, 0.2) is 66.7 Å². The Hall–Kier alpha value is -2.59. The lowest BCUT2D eigenvalue weighted by Gasteiger charge is -2.25. The quantitative estimate of drug-likeness (QED) is 0.678. The van der Waals surface area contributed by atoms with Gasteiger partial charge in [-0.25, -0.2) is 0 Å². The SMILES string of the molecule is CNc1ccc(C2CC(=O)N(C)[C@H]2Cc2ccc(-c3ccccc3)s2)cc1. The summed E-state index contributed by atoms with van der Waals surface area (Å²) < 4.78 is 0. The van der Waals surface area contributed by atoms with Gasteiger partial charge in [-0.05, 0) is 35.4 Å². The fourth-order valence-electron chi connectivity index (χ4n) is 3.89. The van der Waals surface area contributed by atoms with Crippen LogP contribution in [0.4, 0.5) is 5.69 Å². The summed E-state index contributed by atoms with van der Waals surface area (Å²) in [7, 11) is 3.87. The molecule has 0 bridgehead atoms. The van der Waals surface area contributed by atoms with Crippen molar-refractivity contribution in [3.05, 3.63) is 77.2 Å². The first-order valence-electron chi connectivity index (χ1n) is 9.33. The third-order valence-electron chi connectivity index (χ3n) is 5.51. The highest BCUT2D eigenvalue weighted by Gasteiger charge is 2.38. The van der Waals surface area contributed by atoms with Gasteiger partial charge in [0.05, 0.1) is 0 Å². The van der Waals surface area contributed by atoms with Gasteiger partial charge in [0, 0.05) is 54.3 Å². The molecule has 0 spiro atoms. The molecule has 1 unspecified atom stereocenters. The van der Waals surface area contributed by atoms with Gasteiger partial charge in [-0.1, -0.05) is 42.5 Å². The van der Waals surface area contributed by atoms with Gasteiger partial charge in [-0.3, -0.25) is 4.79 Å². The highest BCUT2D eigenvalue weighted by molar-refractivity contribution is 7.15. The molecule has 4 heteroatoms. The molecule has 1 aliphatic heterocycles. The molecular formula is C23H24N2OS. The minimum atomic E-state index is 0.209. The van der Waals surface area contributed by atoms with Crippen LogP contribution in [0.2, 0.25) is 0 Å². The van der Waals surface area contributed by atoms with Crippen LogP contribution in [0.25, 0.3) is 10.4 Å². The van der Waals surface area contributed by atoms with Crippen molar-refractivity contribution >= 4 is 22.9 Å². The molecule has 27 heavy (non-hydrogen) atoms. The van der Waals surface area contributed by atoms with E-state index in [2.05, 4.69) is 66.0 Å². The zero-order valence-corrected chi connectivity index (χ0v) is 16.5. The summed E-state index contributed by atoms with van der Waals surface area (Å²) in [5, 5.41) is 3.16. The Kier molecular flexibility index (Phi) is 4.99. The summed E-state index contributed by atoms with van der Waals surface area (Å²) in [6.07, 6.45) is 1.50. The molecule has 1 amide bonds. The first-order chi connectivity index (χ1) is 13.2. The summed E-state index contributed by atoms with van der Waals surface area (Å²) in [5.74, 6) is 0.484. The van der Waals surface area contributed by atoms with Crippen LogP contribution >= 0.6 is 11.3 Å². The fraction of sp³-hybridized carbons (Fsp3) is 0.261. The molecule has 1 aliphatic rings. The standard InChI is InChI=1S/C23H24N2OS/c1-24-18-10-8-16(9-11-18)20-15-23(26)25(2)21(20)14-19-12-13-22(27-19)17-6-4-3-5-7-17/h3-13,20-21,24H,14-15H2,1-2H3/t20?,21-/m0/s1. The van der Waals surface area contributed by atoms with E-state index in [0.717, 1.165) is 12.1 Å². The number of thiophene rings is 1. The largest absolute Gasteiger partial charge is 0.388 e. The molecule has 2 aromatic carbocycles. The maximum atomic E-state index is 12.4. The van der Waals surface area contributed by atoms with Gasteiger partial charge in [-0.2, -0.15) is 0 Å². The number of likely N-dealkylation sites (tertiary alicyclic amines) is 1. The Balaban J connectivity index is 1.57. The van der Waals surface area contributed by atoms with Crippen LogP contribution in [0.3, 0.4) is 0 Å². The number of anilines is 1. The number of hydrogen-bond donors (Lipinski definition) is 1. The number of benzene rings is 2. The molecule has 138 valence electrons. The number of carbonyl (C=O) groups is 1. The van der Waals surface area contributed by atoms with Crippen molar-refractivity contribution in [1.29, 1.82) is 0 Å². The lowest BCUT2D eigenvalue weighted by atomic mass is 9.89. The highest BCUT2D eigenvalue weighted by Crippen LogP contribution is 2.37. The van der Waals surface area contributed by atoms with Crippen molar-refractivity contribution in [1.82, 2.24) is 4.90 Å². The van der Waals surface area contributed by atoms with Crippen LogP contribution in [-0.4, -0.2) is 30.9 Å². The van der Waals surface area contributed by atoms with E-state index < -0.39 is 0 Å². The van der Waals surface area contributed by atoms with E-state index in [4.69, 9.17) is 0 Å². The van der Waals surface area contributed by atoms with Crippen LogP contribution < -0.4 is 5.32 Å². The number of rotatable bonds is 5. The van der Waals surface area contributed by atoms with Gasteiger partial charge in [0.1, 0.15) is 0 Å². The second kappa shape index (κ2) is 7.57. The summed E-state index contributed by atoms with van der Waals surface area (Å²) in [6, 6.07) is 23.6. The van der Waals surface area contributed by atoms with Crippen LogP contribution in [0.1, 0.15) is 22.8 Å². The molecule has 1 N–H and O–H groups in total. The third kappa shape index (κ3) is 3.62. The normalized spacial score (nSPS) is 19.5. The van der Waals surface area contributed by atoms with Crippen molar-refractivity contribution in [2.75, 3.05) is 19.4 Å². The molecule has 1 fully saturated rings. The van der Waals surface area contributed by atoms with Gasteiger partial charge in [0.25, 0.3) is 0 Å². The summed E-state index contributed by atoms with van der Waals surface area (Å²) in [6.45, 7) is 0. The average Bonchev–Trinajstić information content (AvgIpc) is 3.29. The summed E-state index contributed by atoms with van der Waals surface area (Å²) >= 11 is 1.83. The second-order valence-electron chi connectivity index (χ2n) is 7.09. The fourth-order valence-corrected chi connectivity index (χ4v) is 4.95. The van der Waals surface area contributed by atoms with E-state index in [1.54, 1.807) is 0 Å². The summed E-state index contributed by atoms with van der Waals surface area (Å²) in [4.78, 5) is 17.0. The van der Waals surface area contributed by atoms with Gasteiger partial charge >= 0.3 is 0 Å². The van der Waals surface area contributed by atoms with Crippen molar-refractivity contribution in [2.24, 2.45) is 0 Å². The van der Waals surface area contributed by atoms with Gasteiger partial charge in [0.2, 0.25) is 5.91 Å². The maximum absolute atomic E-state index is 12.4. The predicted octanol–water partition coefficient (Wildman–Crippen LogP) is 5.01. The zero-order chi connectivity index (χ0) is 18.8. The lowest BCUT2D eigenvalue weighted by molar-refractivity contribution is -0.127. The van der Waals surface area contributed by atoms with Crippen LogP contribution in [0, 0.1) is 0 Å². The van der Waals surface area contributed by atoms with Gasteiger partial charge < -0.3 is 10.2 Å². The van der Waals surface area contributed by atoms with Gasteiger partial charge in [0.15, 0.2) is 0 Å². The first kappa shape index (κ1) is 17.8. The zero-order valence-electron chi connectivity index (χ0n) is 15.7. The van der Waals surface area contributed by atoms with E-state index >= 15 is 0 Å². The van der Waals surface area contributed by atoms with Gasteiger partial charge in [-0.15, -0.1) is 11.3 Å². The first-order valence-corrected chi connectivity index (χ1v) is 10.1. The lowest BCUT2D eigenvalue weighted by Crippen LogP contribution is -2.32. The van der Waals surface area contributed by atoms with E-state index in [9.17, 15) is 4.79 Å². The smallest absolute Gasteiger partial charge is 0.223 e. The Morgan fingerprint density at radius 2 is 1.78 bits per heavy atom. The topological polar surface area (TPSA) is 32.3 Å². The molecule has 2 heterocycles. The number of hydrogen-bond acceptors (Lipinski definition) is 3. The minimum absolute atomic E-state index is 0.209. The molecule has 2 atom stereocenters. The third-order valence-corrected chi connectivity index (χ3v) is 6.66. The second-order valence-corrected chi connectivity index (χ2v) is 8.26. The molecule has 0 radical (unpaired) electrons. The Morgan fingerprint density at radius 1 is 1.04 bits per heavy atom. The number of carbonyl (C=O) groups excluding carboxylic acids is 1. The Labute approximate surface area is 164 Å². The van der Waals surface area contributed by atoms with Crippen molar-refractivity contribution in [3.8, 4) is 10.4 Å². The molecule has 1 aromatic heterocycles. The van der Waals surface area contributed by atoms with Crippen LogP contribution in [0.5, 0.6) is 0 Å². The Bertz CT molecular complexity index is 917. The molecule has 4 rings (SSSR count). The Morgan fingerprint density at radius 3 is 2.48 bits per heavy atom. The van der Waals surface area contributed by atoms with Crippen molar-refractivity contribution in [3.63, 3.8) is 0 Å². The minimum Gasteiger partial charge on any atom is -0.388 e. The summed E-state index contributed by atoms with van der Waals surface area (Å²) in [5.41, 5.74) is 3.60. The number of nitrogens with one attached hydrogen (secondary N) is 1. The van der Waals surface area contributed by atoms with E-state index in [1.807, 2.05) is 36.4 Å². The predicted molar refractivity (Wildman–Crippen MR) is 113 cm³/mol. The van der Waals surface area contributed by atoms with E-state index in [1.165, 1.54) is 20.9 Å². The van der Waals surface area contributed by atoms with Crippen molar-refractivity contribution < 1.29 is 4.79 Å². The monoisotopic (exact) mass is 376 g/mol. The van der Waals surface area contributed by atoms with E-state index in [-0.39, 0.29) is 17.9 Å². The maximum Gasteiger partial charge on any atom is 0.223 e. The molecule has 1 saturated heterocycles. The van der Waals surface area contributed by atoms with Crippen molar-refractivity contribution in [2.45, 2.75) is 24.8 Å². The number of nitrogens with zero attached hydrogens (tertiary/aromatic N) is 1. The number of amides is 1. The molecule has 3 aromatic rings.